The van der Waals surface area contributed by atoms with E-state index in [0.29, 0.717) is 40.8 Å². The van der Waals surface area contributed by atoms with Crippen LogP contribution in [0.25, 0.3) is 16.9 Å². The topological polar surface area (TPSA) is 84.5 Å². The standard InChI is InChI=1S/C27H24ClN5O3/c28-24-12-5-4-11-23(24)25-18-26(32(29-25)21-9-6-10-22(17-21)33(35)36)27(34)31-15-13-30(14-16-31)19-20-7-2-1-3-8-20/h1-12,17-18H,13-16,19H2. The number of aromatic nitrogens is 2. The molecule has 0 saturated carbocycles. The number of nitro groups is 1. The molecule has 4 aromatic rings. The Labute approximate surface area is 213 Å². The van der Waals surface area contributed by atoms with Gasteiger partial charge in [0.05, 0.1) is 21.3 Å². The summed E-state index contributed by atoms with van der Waals surface area (Å²) in [7, 11) is 0. The molecule has 0 N–H and O–H groups in total. The van der Waals surface area contributed by atoms with Crippen molar-refractivity contribution in [2.24, 2.45) is 0 Å². The first-order chi connectivity index (χ1) is 17.5. The first kappa shape index (κ1) is 23.7. The molecular weight excluding hydrogens is 478 g/mol. The van der Waals surface area contributed by atoms with Crippen molar-refractivity contribution < 1.29 is 9.72 Å². The van der Waals surface area contributed by atoms with Gasteiger partial charge in [0.2, 0.25) is 0 Å². The van der Waals surface area contributed by atoms with Crippen LogP contribution in [-0.4, -0.2) is 56.6 Å². The van der Waals surface area contributed by atoms with Crippen molar-refractivity contribution in [2.45, 2.75) is 6.54 Å². The number of non-ortho nitro benzene ring substituents is 1. The predicted octanol–water partition coefficient (Wildman–Crippen LogP) is 5.06. The Kier molecular flexibility index (Phi) is 6.79. The zero-order chi connectivity index (χ0) is 25.1. The number of nitro benzene ring substituents is 1. The van der Waals surface area contributed by atoms with Gasteiger partial charge in [-0.1, -0.05) is 66.2 Å². The van der Waals surface area contributed by atoms with Gasteiger partial charge in [-0.05, 0) is 23.8 Å². The minimum atomic E-state index is -0.463. The van der Waals surface area contributed by atoms with Crippen LogP contribution in [0.2, 0.25) is 5.02 Å². The fourth-order valence-electron chi connectivity index (χ4n) is 4.38. The molecule has 0 aliphatic carbocycles. The van der Waals surface area contributed by atoms with Gasteiger partial charge in [-0.25, -0.2) is 4.68 Å². The summed E-state index contributed by atoms with van der Waals surface area (Å²) in [6, 6.07) is 25.3. The van der Waals surface area contributed by atoms with E-state index in [9.17, 15) is 14.9 Å². The van der Waals surface area contributed by atoms with Gasteiger partial charge in [0.1, 0.15) is 5.69 Å². The van der Waals surface area contributed by atoms with Crippen molar-refractivity contribution in [1.82, 2.24) is 19.6 Å². The lowest BCUT2D eigenvalue weighted by Gasteiger charge is -2.34. The van der Waals surface area contributed by atoms with E-state index in [1.54, 1.807) is 24.3 Å². The highest BCUT2D eigenvalue weighted by Crippen LogP contribution is 2.29. The molecule has 1 fully saturated rings. The van der Waals surface area contributed by atoms with E-state index >= 15 is 0 Å². The maximum absolute atomic E-state index is 13.7. The Hall–Kier alpha value is -4.01. The van der Waals surface area contributed by atoms with Gasteiger partial charge < -0.3 is 4.90 Å². The smallest absolute Gasteiger partial charge is 0.272 e. The first-order valence-corrected chi connectivity index (χ1v) is 12.0. The number of rotatable bonds is 6. The van der Waals surface area contributed by atoms with Crippen molar-refractivity contribution in [3.05, 3.63) is 111 Å². The number of carbonyl (C=O) groups is 1. The Morgan fingerprint density at radius 3 is 2.36 bits per heavy atom. The van der Waals surface area contributed by atoms with Crippen molar-refractivity contribution in [1.29, 1.82) is 0 Å². The monoisotopic (exact) mass is 501 g/mol. The summed E-state index contributed by atoms with van der Waals surface area (Å²) in [6.07, 6.45) is 0. The molecule has 1 aliphatic heterocycles. The molecule has 1 saturated heterocycles. The Balaban J connectivity index is 1.43. The zero-order valence-corrected chi connectivity index (χ0v) is 20.2. The molecule has 1 amide bonds. The van der Waals surface area contributed by atoms with E-state index in [0.717, 1.165) is 19.6 Å². The largest absolute Gasteiger partial charge is 0.335 e. The predicted molar refractivity (Wildman–Crippen MR) is 138 cm³/mol. The minimum absolute atomic E-state index is 0.0739. The van der Waals surface area contributed by atoms with Crippen LogP contribution in [0.4, 0.5) is 5.69 Å². The second kappa shape index (κ2) is 10.3. The molecule has 5 rings (SSSR count). The van der Waals surface area contributed by atoms with Crippen LogP contribution in [0.5, 0.6) is 0 Å². The van der Waals surface area contributed by atoms with Gasteiger partial charge >= 0.3 is 0 Å². The maximum Gasteiger partial charge on any atom is 0.272 e. The third kappa shape index (κ3) is 5.00. The number of nitrogens with zero attached hydrogens (tertiary/aromatic N) is 5. The van der Waals surface area contributed by atoms with Crippen LogP contribution in [-0.2, 0) is 6.54 Å². The van der Waals surface area contributed by atoms with E-state index in [-0.39, 0.29) is 11.6 Å². The minimum Gasteiger partial charge on any atom is -0.335 e. The number of hydrogen-bond donors (Lipinski definition) is 0. The summed E-state index contributed by atoms with van der Waals surface area (Å²) in [5.41, 5.74) is 3.15. The number of piperazine rings is 1. The highest BCUT2D eigenvalue weighted by atomic mass is 35.5. The SMILES string of the molecule is O=C(c1cc(-c2ccccc2Cl)nn1-c1cccc([N+](=O)[O-])c1)N1CCN(Cc2ccccc2)CC1. The van der Waals surface area contributed by atoms with Crippen molar-refractivity contribution in [3.63, 3.8) is 0 Å². The summed E-state index contributed by atoms with van der Waals surface area (Å²) in [5, 5.41) is 16.5. The van der Waals surface area contributed by atoms with Crippen molar-refractivity contribution in [3.8, 4) is 16.9 Å². The number of hydrogen-bond acceptors (Lipinski definition) is 5. The molecule has 9 heteroatoms. The van der Waals surface area contributed by atoms with E-state index in [4.69, 9.17) is 11.6 Å². The molecule has 0 atom stereocenters. The number of halogens is 1. The maximum atomic E-state index is 13.7. The second-order valence-electron chi connectivity index (χ2n) is 8.64. The molecule has 182 valence electrons. The molecule has 0 bridgehead atoms. The average Bonchev–Trinajstić information content (AvgIpc) is 3.35. The molecule has 8 nitrogen and oxygen atoms in total. The number of benzene rings is 3. The van der Waals surface area contributed by atoms with Crippen LogP contribution in [0, 0.1) is 10.1 Å². The van der Waals surface area contributed by atoms with E-state index in [2.05, 4.69) is 22.1 Å². The van der Waals surface area contributed by atoms with Crippen LogP contribution in [0.15, 0.2) is 84.9 Å². The summed E-state index contributed by atoms with van der Waals surface area (Å²) < 4.78 is 1.48. The molecule has 36 heavy (non-hydrogen) atoms. The zero-order valence-electron chi connectivity index (χ0n) is 19.5. The van der Waals surface area contributed by atoms with Crippen molar-refractivity contribution >= 4 is 23.2 Å². The van der Waals surface area contributed by atoms with Gasteiger partial charge in [-0.3, -0.25) is 19.8 Å². The second-order valence-corrected chi connectivity index (χ2v) is 9.04. The molecule has 0 unspecified atom stereocenters. The fourth-order valence-corrected chi connectivity index (χ4v) is 4.61. The quantitative estimate of drug-likeness (QED) is 0.272. The summed E-state index contributed by atoms with van der Waals surface area (Å²) in [5.74, 6) is -0.174. The third-order valence-corrected chi connectivity index (χ3v) is 6.60. The van der Waals surface area contributed by atoms with Crippen LogP contribution < -0.4 is 0 Å². The summed E-state index contributed by atoms with van der Waals surface area (Å²) >= 11 is 6.40. The lowest BCUT2D eigenvalue weighted by Crippen LogP contribution is -2.48. The van der Waals surface area contributed by atoms with E-state index in [1.165, 1.54) is 22.4 Å². The molecule has 3 aromatic carbocycles. The van der Waals surface area contributed by atoms with Gasteiger partial charge in [0, 0.05) is 50.4 Å². The Morgan fingerprint density at radius 2 is 1.64 bits per heavy atom. The van der Waals surface area contributed by atoms with Crippen molar-refractivity contribution in [2.75, 3.05) is 26.2 Å². The first-order valence-electron chi connectivity index (χ1n) is 11.6. The van der Waals surface area contributed by atoms with Crippen LogP contribution in [0.1, 0.15) is 16.1 Å². The van der Waals surface area contributed by atoms with Gasteiger partial charge in [-0.2, -0.15) is 5.10 Å². The van der Waals surface area contributed by atoms with Crippen LogP contribution in [0.3, 0.4) is 0 Å². The fraction of sp³-hybridized carbons (Fsp3) is 0.185. The van der Waals surface area contributed by atoms with Gasteiger partial charge in [-0.15, -0.1) is 0 Å². The third-order valence-electron chi connectivity index (χ3n) is 6.27. The molecule has 2 heterocycles. The highest BCUT2D eigenvalue weighted by Gasteiger charge is 2.27. The van der Waals surface area contributed by atoms with E-state index in [1.807, 2.05) is 41.3 Å². The Morgan fingerprint density at radius 1 is 0.917 bits per heavy atom. The molecule has 1 aromatic heterocycles. The molecular formula is C27H24ClN5O3. The lowest BCUT2D eigenvalue weighted by molar-refractivity contribution is -0.384. The lowest BCUT2D eigenvalue weighted by atomic mass is 10.1. The average molecular weight is 502 g/mol. The summed E-state index contributed by atoms with van der Waals surface area (Å²) in [4.78, 5) is 28.7. The number of amides is 1. The number of carbonyl (C=O) groups excluding carboxylic acids is 1. The normalized spacial score (nSPS) is 14.1. The summed E-state index contributed by atoms with van der Waals surface area (Å²) in [6.45, 7) is 3.50. The molecule has 1 aliphatic rings. The van der Waals surface area contributed by atoms with Gasteiger partial charge in [0.25, 0.3) is 11.6 Å². The molecule has 0 spiro atoms. The Bertz CT molecular complexity index is 1400. The molecule has 0 radical (unpaired) electrons. The highest BCUT2D eigenvalue weighted by molar-refractivity contribution is 6.33. The van der Waals surface area contributed by atoms with E-state index < -0.39 is 4.92 Å². The van der Waals surface area contributed by atoms with Crippen LogP contribution >= 0.6 is 11.6 Å². The van der Waals surface area contributed by atoms with Gasteiger partial charge in [0.15, 0.2) is 0 Å².